The number of hydrogen-bond donors (Lipinski definition) is 1. The first kappa shape index (κ1) is 18.9. The Morgan fingerprint density at radius 1 is 1.21 bits per heavy atom. The van der Waals surface area contributed by atoms with Crippen LogP contribution in [0.5, 0.6) is 0 Å². The molecule has 1 amide bonds. The molecule has 0 radical (unpaired) electrons. The zero-order chi connectivity index (χ0) is 17.5. The number of amides is 1. The predicted molar refractivity (Wildman–Crippen MR) is 99.2 cm³/mol. The summed E-state index contributed by atoms with van der Waals surface area (Å²) in [5, 5.41) is 3.12. The van der Waals surface area contributed by atoms with E-state index >= 15 is 0 Å². The van der Waals surface area contributed by atoms with Crippen LogP contribution < -0.4 is 5.32 Å². The predicted octanol–water partition coefficient (Wildman–Crippen LogP) is 1.35. The van der Waals surface area contributed by atoms with E-state index in [2.05, 4.69) is 72.3 Å². The Bertz CT molecular complexity index is 524. The third-order valence-corrected chi connectivity index (χ3v) is 4.91. The molecule has 1 unspecified atom stereocenters. The van der Waals surface area contributed by atoms with Crippen molar-refractivity contribution in [2.45, 2.75) is 19.4 Å². The van der Waals surface area contributed by atoms with Gasteiger partial charge in [0.05, 0.1) is 6.04 Å². The van der Waals surface area contributed by atoms with E-state index in [-0.39, 0.29) is 11.9 Å². The zero-order valence-electron chi connectivity index (χ0n) is 15.6. The number of benzene rings is 1. The van der Waals surface area contributed by atoms with Gasteiger partial charge in [0.2, 0.25) is 5.91 Å². The Hall–Kier alpha value is -1.43. The minimum absolute atomic E-state index is 0.148. The molecule has 24 heavy (non-hydrogen) atoms. The van der Waals surface area contributed by atoms with E-state index in [1.54, 1.807) is 0 Å². The van der Waals surface area contributed by atoms with Crippen molar-refractivity contribution in [1.29, 1.82) is 0 Å². The van der Waals surface area contributed by atoms with E-state index in [4.69, 9.17) is 0 Å². The third kappa shape index (κ3) is 5.58. The van der Waals surface area contributed by atoms with E-state index in [1.165, 1.54) is 11.1 Å². The number of nitrogens with one attached hydrogen (secondary N) is 1. The van der Waals surface area contributed by atoms with E-state index in [0.717, 1.165) is 32.7 Å². The van der Waals surface area contributed by atoms with Gasteiger partial charge >= 0.3 is 0 Å². The van der Waals surface area contributed by atoms with Gasteiger partial charge in [0.25, 0.3) is 0 Å². The Morgan fingerprint density at radius 3 is 2.50 bits per heavy atom. The summed E-state index contributed by atoms with van der Waals surface area (Å²) in [5.41, 5.74) is 2.55. The minimum Gasteiger partial charge on any atom is -0.354 e. The number of carbonyl (C=O) groups is 1. The van der Waals surface area contributed by atoms with Crippen molar-refractivity contribution >= 4 is 5.91 Å². The van der Waals surface area contributed by atoms with Crippen LogP contribution in [-0.4, -0.2) is 81.0 Å². The van der Waals surface area contributed by atoms with Crippen LogP contribution in [0.4, 0.5) is 0 Å². The molecule has 5 heteroatoms. The largest absolute Gasteiger partial charge is 0.354 e. The van der Waals surface area contributed by atoms with Crippen LogP contribution in [-0.2, 0) is 4.79 Å². The number of nitrogens with zero attached hydrogens (tertiary/aromatic N) is 3. The number of hydrogen-bond acceptors (Lipinski definition) is 4. The smallest absolute Gasteiger partial charge is 0.221 e. The van der Waals surface area contributed by atoms with Gasteiger partial charge in [0.1, 0.15) is 0 Å². The Morgan fingerprint density at radius 2 is 1.88 bits per heavy atom. The summed E-state index contributed by atoms with van der Waals surface area (Å²) < 4.78 is 0. The molecule has 1 atom stereocenters. The molecule has 1 aromatic rings. The summed E-state index contributed by atoms with van der Waals surface area (Å²) in [7, 11) is 6.28. The lowest BCUT2D eigenvalue weighted by Crippen LogP contribution is -2.45. The second-order valence-corrected chi connectivity index (χ2v) is 7.03. The lowest BCUT2D eigenvalue weighted by molar-refractivity contribution is -0.121. The van der Waals surface area contributed by atoms with Gasteiger partial charge in [-0.2, -0.15) is 0 Å². The maximum atomic E-state index is 12.2. The molecule has 1 N–H and O–H groups in total. The lowest BCUT2D eigenvalue weighted by Gasteiger charge is -2.32. The zero-order valence-corrected chi connectivity index (χ0v) is 15.6. The summed E-state index contributed by atoms with van der Waals surface area (Å²) in [6.07, 6.45) is 0.581. The van der Waals surface area contributed by atoms with Crippen LogP contribution in [0.2, 0.25) is 0 Å². The van der Waals surface area contributed by atoms with E-state index in [9.17, 15) is 4.79 Å². The van der Waals surface area contributed by atoms with Gasteiger partial charge in [0, 0.05) is 45.7 Å². The van der Waals surface area contributed by atoms with Gasteiger partial charge in [0.15, 0.2) is 0 Å². The highest BCUT2D eigenvalue weighted by molar-refractivity contribution is 5.76. The molecule has 1 aromatic carbocycles. The van der Waals surface area contributed by atoms with E-state index < -0.39 is 0 Å². The van der Waals surface area contributed by atoms with Gasteiger partial charge < -0.3 is 20.0 Å². The van der Waals surface area contributed by atoms with Crippen molar-refractivity contribution in [1.82, 2.24) is 20.0 Å². The summed E-state index contributed by atoms with van der Waals surface area (Å²) in [6.45, 7) is 7.95. The molecule has 2 rings (SSSR count). The SMILES string of the molecule is Cc1ccccc1C(CNC(=O)CCN1CCN(C)CC1)N(C)C. The molecule has 134 valence electrons. The van der Waals surface area contributed by atoms with Crippen molar-refractivity contribution in [3.8, 4) is 0 Å². The van der Waals surface area contributed by atoms with Crippen molar-refractivity contribution < 1.29 is 4.79 Å². The third-order valence-electron chi connectivity index (χ3n) is 4.91. The highest BCUT2D eigenvalue weighted by atomic mass is 16.1. The molecule has 0 saturated carbocycles. The number of rotatable bonds is 7. The average Bonchev–Trinajstić information content (AvgIpc) is 2.56. The molecule has 1 aliphatic rings. The van der Waals surface area contributed by atoms with Gasteiger partial charge in [-0.1, -0.05) is 24.3 Å². The normalized spacial score (nSPS) is 17.9. The minimum atomic E-state index is 0.148. The van der Waals surface area contributed by atoms with Crippen molar-refractivity contribution in [3.05, 3.63) is 35.4 Å². The Labute approximate surface area is 146 Å². The van der Waals surface area contributed by atoms with E-state index in [1.807, 2.05) is 0 Å². The van der Waals surface area contributed by atoms with Crippen LogP contribution in [0.1, 0.15) is 23.6 Å². The maximum absolute atomic E-state index is 12.2. The second kappa shape index (κ2) is 9.16. The molecular weight excluding hydrogens is 300 g/mol. The van der Waals surface area contributed by atoms with Crippen LogP contribution >= 0.6 is 0 Å². The van der Waals surface area contributed by atoms with Crippen molar-refractivity contribution in [2.75, 3.05) is 60.4 Å². The van der Waals surface area contributed by atoms with Crippen LogP contribution in [0.25, 0.3) is 0 Å². The molecule has 0 spiro atoms. The van der Waals surface area contributed by atoms with Gasteiger partial charge in [-0.05, 0) is 39.2 Å². The molecular formula is C19H32N4O. The lowest BCUT2D eigenvalue weighted by atomic mass is 10.0. The second-order valence-electron chi connectivity index (χ2n) is 7.03. The van der Waals surface area contributed by atoms with Gasteiger partial charge in [-0.15, -0.1) is 0 Å². The molecule has 0 aromatic heterocycles. The molecule has 0 aliphatic carbocycles. The quantitative estimate of drug-likeness (QED) is 0.818. The maximum Gasteiger partial charge on any atom is 0.221 e. The number of likely N-dealkylation sites (N-methyl/N-ethyl adjacent to an activating group) is 2. The van der Waals surface area contributed by atoms with Gasteiger partial charge in [-0.3, -0.25) is 4.79 Å². The fourth-order valence-electron chi connectivity index (χ4n) is 3.16. The molecule has 1 heterocycles. The summed E-state index contributed by atoms with van der Waals surface area (Å²) in [6, 6.07) is 8.60. The van der Waals surface area contributed by atoms with Crippen LogP contribution in [0.3, 0.4) is 0 Å². The Balaban J connectivity index is 1.79. The fourth-order valence-corrected chi connectivity index (χ4v) is 3.16. The average molecular weight is 332 g/mol. The molecule has 1 fully saturated rings. The molecule has 1 aliphatic heterocycles. The summed E-state index contributed by atoms with van der Waals surface area (Å²) >= 11 is 0. The summed E-state index contributed by atoms with van der Waals surface area (Å²) in [5.74, 6) is 0.148. The first-order valence-corrected chi connectivity index (χ1v) is 8.87. The number of carbonyl (C=O) groups excluding carboxylic acids is 1. The molecule has 0 bridgehead atoms. The van der Waals surface area contributed by atoms with Crippen LogP contribution in [0.15, 0.2) is 24.3 Å². The molecule has 1 saturated heterocycles. The van der Waals surface area contributed by atoms with Crippen molar-refractivity contribution in [2.24, 2.45) is 0 Å². The number of aryl methyl sites for hydroxylation is 1. The highest BCUT2D eigenvalue weighted by Gasteiger charge is 2.18. The molecule has 5 nitrogen and oxygen atoms in total. The first-order chi connectivity index (χ1) is 11.5. The standard InChI is InChI=1S/C19H32N4O/c1-16-7-5-6-8-17(16)18(21(2)3)15-20-19(24)9-10-23-13-11-22(4)12-14-23/h5-8,18H,9-15H2,1-4H3,(H,20,24). The highest BCUT2D eigenvalue weighted by Crippen LogP contribution is 2.20. The fraction of sp³-hybridized carbons (Fsp3) is 0.632. The van der Waals surface area contributed by atoms with E-state index in [0.29, 0.717) is 13.0 Å². The summed E-state index contributed by atoms with van der Waals surface area (Å²) in [4.78, 5) is 19.1. The Kier molecular flexibility index (Phi) is 7.21. The van der Waals surface area contributed by atoms with Crippen molar-refractivity contribution in [3.63, 3.8) is 0 Å². The topological polar surface area (TPSA) is 38.8 Å². The first-order valence-electron chi connectivity index (χ1n) is 8.87. The van der Waals surface area contributed by atoms with Gasteiger partial charge in [-0.25, -0.2) is 0 Å². The number of piperazine rings is 1. The monoisotopic (exact) mass is 332 g/mol. The van der Waals surface area contributed by atoms with Crippen LogP contribution in [0, 0.1) is 6.92 Å².